The van der Waals surface area contributed by atoms with Crippen molar-refractivity contribution in [3.05, 3.63) is 0 Å². The second kappa shape index (κ2) is 8.08. The molecule has 3 heteroatoms. The SMILES string of the molecule is CCC(C)N(C)C(CNC(C)C)COC. The number of hydrogen-bond acceptors (Lipinski definition) is 3. The number of hydrogen-bond donors (Lipinski definition) is 1. The minimum absolute atomic E-state index is 0.465. The van der Waals surface area contributed by atoms with Crippen LogP contribution in [-0.2, 0) is 4.74 Å². The van der Waals surface area contributed by atoms with Gasteiger partial charge >= 0.3 is 0 Å². The van der Waals surface area contributed by atoms with Crippen molar-refractivity contribution in [1.29, 1.82) is 0 Å². The van der Waals surface area contributed by atoms with Gasteiger partial charge in [0.2, 0.25) is 0 Å². The van der Waals surface area contributed by atoms with Crippen LogP contribution in [0, 0.1) is 0 Å². The van der Waals surface area contributed by atoms with Crippen molar-refractivity contribution >= 4 is 0 Å². The Hall–Kier alpha value is -0.120. The first kappa shape index (κ1) is 14.9. The molecule has 0 aliphatic heterocycles. The van der Waals surface area contributed by atoms with E-state index in [1.807, 2.05) is 0 Å². The summed E-state index contributed by atoms with van der Waals surface area (Å²) in [4.78, 5) is 2.40. The first-order chi connectivity index (χ1) is 7.02. The number of methoxy groups -OCH3 is 1. The zero-order valence-electron chi connectivity index (χ0n) is 11.2. The molecule has 0 bridgehead atoms. The average molecular weight is 216 g/mol. The van der Waals surface area contributed by atoms with Crippen LogP contribution < -0.4 is 5.32 Å². The fraction of sp³-hybridized carbons (Fsp3) is 1.00. The van der Waals surface area contributed by atoms with E-state index in [9.17, 15) is 0 Å². The lowest BCUT2D eigenvalue weighted by atomic mass is 10.1. The molecule has 0 aromatic heterocycles. The maximum absolute atomic E-state index is 5.27. The number of rotatable bonds is 8. The van der Waals surface area contributed by atoms with Crippen molar-refractivity contribution in [2.45, 2.75) is 52.2 Å². The normalized spacial score (nSPS) is 16.0. The maximum Gasteiger partial charge on any atom is 0.0630 e. The summed E-state index contributed by atoms with van der Waals surface area (Å²) in [6.45, 7) is 10.6. The van der Waals surface area contributed by atoms with Crippen molar-refractivity contribution in [3.8, 4) is 0 Å². The molecule has 0 saturated heterocycles. The molecule has 0 rings (SSSR count). The summed E-state index contributed by atoms with van der Waals surface area (Å²) in [7, 11) is 3.95. The van der Waals surface area contributed by atoms with Gasteiger partial charge in [0.15, 0.2) is 0 Å². The Kier molecular flexibility index (Phi) is 8.02. The highest BCUT2D eigenvalue weighted by Gasteiger charge is 2.18. The molecule has 0 radical (unpaired) electrons. The second-order valence-electron chi connectivity index (χ2n) is 4.59. The molecule has 2 unspecified atom stereocenters. The van der Waals surface area contributed by atoms with Crippen LogP contribution in [0.25, 0.3) is 0 Å². The molecule has 3 nitrogen and oxygen atoms in total. The molecule has 0 aromatic rings. The highest BCUT2D eigenvalue weighted by atomic mass is 16.5. The Labute approximate surface area is 95.2 Å². The molecule has 0 amide bonds. The zero-order chi connectivity index (χ0) is 11.8. The summed E-state index contributed by atoms with van der Waals surface area (Å²) in [6.07, 6.45) is 1.18. The summed E-state index contributed by atoms with van der Waals surface area (Å²) in [5.74, 6) is 0. The zero-order valence-corrected chi connectivity index (χ0v) is 11.2. The van der Waals surface area contributed by atoms with Gasteiger partial charge in [-0.05, 0) is 20.4 Å². The lowest BCUT2D eigenvalue weighted by Gasteiger charge is -2.33. The lowest BCUT2D eigenvalue weighted by molar-refractivity contribution is 0.0816. The van der Waals surface area contributed by atoms with Crippen LogP contribution in [-0.4, -0.2) is 50.3 Å². The van der Waals surface area contributed by atoms with Crippen molar-refractivity contribution < 1.29 is 4.74 Å². The third-order valence-electron chi connectivity index (χ3n) is 2.98. The molecule has 0 heterocycles. The quantitative estimate of drug-likeness (QED) is 0.669. The van der Waals surface area contributed by atoms with Gasteiger partial charge in [0.25, 0.3) is 0 Å². The average Bonchev–Trinajstić information content (AvgIpc) is 2.21. The van der Waals surface area contributed by atoms with Gasteiger partial charge < -0.3 is 10.1 Å². The van der Waals surface area contributed by atoms with Crippen molar-refractivity contribution in [1.82, 2.24) is 10.2 Å². The summed E-state index contributed by atoms with van der Waals surface area (Å²) < 4.78 is 5.27. The van der Waals surface area contributed by atoms with Gasteiger partial charge in [-0.1, -0.05) is 20.8 Å². The Morgan fingerprint density at radius 1 is 1.27 bits per heavy atom. The predicted molar refractivity (Wildman–Crippen MR) is 66.3 cm³/mol. The van der Waals surface area contributed by atoms with Gasteiger partial charge in [-0.3, -0.25) is 4.90 Å². The van der Waals surface area contributed by atoms with Gasteiger partial charge in [0.05, 0.1) is 6.61 Å². The third-order valence-corrected chi connectivity index (χ3v) is 2.98. The molecule has 0 aliphatic carbocycles. The molecule has 92 valence electrons. The van der Waals surface area contributed by atoms with Crippen LogP contribution in [0.3, 0.4) is 0 Å². The van der Waals surface area contributed by atoms with Crippen molar-refractivity contribution in [2.24, 2.45) is 0 Å². The van der Waals surface area contributed by atoms with Crippen LogP contribution in [0.15, 0.2) is 0 Å². The van der Waals surface area contributed by atoms with E-state index >= 15 is 0 Å². The Balaban J connectivity index is 4.11. The minimum Gasteiger partial charge on any atom is -0.383 e. The van der Waals surface area contributed by atoms with Crippen LogP contribution in [0.2, 0.25) is 0 Å². The molecule has 0 fully saturated rings. The minimum atomic E-state index is 0.465. The summed E-state index contributed by atoms with van der Waals surface area (Å²) in [6, 6.07) is 1.61. The first-order valence-corrected chi connectivity index (χ1v) is 5.97. The largest absolute Gasteiger partial charge is 0.383 e. The van der Waals surface area contributed by atoms with Gasteiger partial charge in [-0.2, -0.15) is 0 Å². The summed E-state index contributed by atoms with van der Waals surface area (Å²) >= 11 is 0. The monoisotopic (exact) mass is 216 g/mol. The highest BCUT2D eigenvalue weighted by Crippen LogP contribution is 2.06. The van der Waals surface area contributed by atoms with E-state index in [4.69, 9.17) is 4.74 Å². The molecule has 1 N–H and O–H groups in total. The number of likely N-dealkylation sites (N-methyl/N-ethyl adjacent to an activating group) is 1. The lowest BCUT2D eigenvalue weighted by Crippen LogP contribution is -2.48. The fourth-order valence-corrected chi connectivity index (χ4v) is 1.53. The van der Waals surface area contributed by atoms with Crippen LogP contribution in [0.5, 0.6) is 0 Å². The molecule has 0 spiro atoms. The van der Waals surface area contributed by atoms with Crippen molar-refractivity contribution in [3.63, 3.8) is 0 Å². The Bertz CT molecular complexity index is 151. The van der Waals surface area contributed by atoms with E-state index in [2.05, 4.69) is 45.0 Å². The fourth-order valence-electron chi connectivity index (χ4n) is 1.53. The molecular formula is C12H28N2O. The van der Waals surface area contributed by atoms with Gasteiger partial charge in [-0.15, -0.1) is 0 Å². The molecule has 15 heavy (non-hydrogen) atoms. The first-order valence-electron chi connectivity index (χ1n) is 5.97. The van der Waals surface area contributed by atoms with Crippen LogP contribution >= 0.6 is 0 Å². The van der Waals surface area contributed by atoms with E-state index in [-0.39, 0.29) is 0 Å². The molecule has 2 atom stereocenters. The molecule has 0 aliphatic rings. The van der Waals surface area contributed by atoms with E-state index in [1.165, 1.54) is 6.42 Å². The van der Waals surface area contributed by atoms with E-state index in [1.54, 1.807) is 7.11 Å². The molecular weight excluding hydrogens is 188 g/mol. The van der Waals surface area contributed by atoms with Gasteiger partial charge in [0, 0.05) is 31.8 Å². The highest BCUT2D eigenvalue weighted by molar-refractivity contribution is 4.75. The molecule has 0 saturated carbocycles. The standard InChI is InChI=1S/C12H28N2O/c1-7-11(4)14(5)12(9-15-6)8-13-10(2)3/h10-13H,7-9H2,1-6H3. The smallest absolute Gasteiger partial charge is 0.0630 e. The van der Waals surface area contributed by atoms with Crippen LogP contribution in [0.4, 0.5) is 0 Å². The van der Waals surface area contributed by atoms with E-state index in [0.29, 0.717) is 18.1 Å². The second-order valence-corrected chi connectivity index (χ2v) is 4.59. The Morgan fingerprint density at radius 3 is 2.27 bits per heavy atom. The predicted octanol–water partition coefficient (Wildman–Crippen LogP) is 1.73. The van der Waals surface area contributed by atoms with E-state index in [0.717, 1.165) is 13.2 Å². The van der Waals surface area contributed by atoms with E-state index < -0.39 is 0 Å². The maximum atomic E-state index is 5.27. The topological polar surface area (TPSA) is 24.5 Å². The molecule has 0 aromatic carbocycles. The third kappa shape index (κ3) is 6.13. The summed E-state index contributed by atoms with van der Waals surface area (Å²) in [5.41, 5.74) is 0. The number of ether oxygens (including phenoxy) is 1. The number of nitrogens with one attached hydrogen (secondary N) is 1. The van der Waals surface area contributed by atoms with Crippen molar-refractivity contribution in [2.75, 3.05) is 27.3 Å². The van der Waals surface area contributed by atoms with Gasteiger partial charge in [-0.25, -0.2) is 0 Å². The number of nitrogens with zero attached hydrogens (tertiary/aromatic N) is 1. The summed E-state index contributed by atoms with van der Waals surface area (Å²) in [5, 5.41) is 3.47. The van der Waals surface area contributed by atoms with Gasteiger partial charge in [0.1, 0.15) is 0 Å². The Morgan fingerprint density at radius 2 is 1.87 bits per heavy atom. The van der Waals surface area contributed by atoms with Crippen LogP contribution in [0.1, 0.15) is 34.1 Å².